The van der Waals surface area contributed by atoms with E-state index in [1.807, 2.05) is 42.2 Å². The SMILES string of the molecule is C#CCN1CC(=O)N2[C@@H](Cc3ccc(O)cc3)CN(Cc3ccc(F)cc3F)[C@@H](C)[C@@H]2N1C(=O)NCc1ccccc1. The molecule has 2 aliphatic rings. The van der Waals surface area contributed by atoms with Crippen LogP contribution in [0.1, 0.15) is 23.6 Å². The second-order valence-electron chi connectivity index (χ2n) is 10.7. The van der Waals surface area contributed by atoms with Gasteiger partial charge in [0.05, 0.1) is 19.1 Å². The first-order valence-corrected chi connectivity index (χ1v) is 13.8. The maximum absolute atomic E-state index is 14.8. The van der Waals surface area contributed by atoms with Crippen molar-refractivity contribution in [3.63, 3.8) is 0 Å². The molecule has 3 aromatic rings. The Morgan fingerprint density at radius 3 is 2.50 bits per heavy atom. The molecule has 5 rings (SSSR count). The lowest BCUT2D eigenvalue weighted by molar-refractivity contribution is -0.192. The number of carbonyl (C=O) groups excluding carboxylic acids is 2. The lowest BCUT2D eigenvalue weighted by Crippen LogP contribution is -2.77. The minimum Gasteiger partial charge on any atom is -0.508 e. The van der Waals surface area contributed by atoms with E-state index in [2.05, 4.69) is 11.2 Å². The number of piperazine rings is 1. The summed E-state index contributed by atoms with van der Waals surface area (Å²) in [6.07, 6.45) is 5.34. The van der Waals surface area contributed by atoms with Gasteiger partial charge in [0.1, 0.15) is 23.5 Å². The van der Waals surface area contributed by atoms with Crippen molar-refractivity contribution < 1.29 is 23.5 Å². The van der Waals surface area contributed by atoms with Crippen molar-refractivity contribution in [3.05, 3.63) is 101 Å². The fraction of sp³-hybridized carbons (Fsp3) is 0.312. The molecule has 3 atom stereocenters. The van der Waals surface area contributed by atoms with Crippen LogP contribution in [0.2, 0.25) is 0 Å². The first-order valence-electron chi connectivity index (χ1n) is 13.8. The van der Waals surface area contributed by atoms with Gasteiger partial charge in [-0.1, -0.05) is 54.5 Å². The molecule has 3 aromatic carbocycles. The zero-order valence-corrected chi connectivity index (χ0v) is 23.3. The zero-order chi connectivity index (χ0) is 29.8. The Kier molecular flexibility index (Phi) is 8.71. The molecule has 0 unspecified atom stereocenters. The molecule has 0 spiro atoms. The van der Waals surface area contributed by atoms with Gasteiger partial charge >= 0.3 is 6.03 Å². The van der Waals surface area contributed by atoms with E-state index in [1.54, 1.807) is 34.2 Å². The van der Waals surface area contributed by atoms with Gasteiger partial charge < -0.3 is 15.3 Å². The van der Waals surface area contributed by atoms with E-state index in [4.69, 9.17) is 6.42 Å². The van der Waals surface area contributed by atoms with E-state index in [1.165, 1.54) is 17.1 Å². The van der Waals surface area contributed by atoms with Crippen LogP contribution < -0.4 is 5.32 Å². The monoisotopic (exact) mass is 573 g/mol. The number of carbonyl (C=O) groups is 2. The molecule has 0 saturated carbocycles. The number of amides is 3. The number of rotatable bonds is 7. The third-order valence-electron chi connectivity index (χ3n) is 7.86. The van der Waals surface area contributed by atoms with Crippen LogP contribution in [-0.2, 0) is 24.3 Å². The molecule has 0 bridgehead atoms. The van der Waals surface area contributed by atoms with Gasteiger partial charge in [0.15, 0.2) is 0 Å². The topological polar surface area (TPSA) is 79.4 Å². The summed E-state index contributed by atoms with van der Waals surface area (Å²) < 4.78 is 28.4. The highest BCUT2D eigenvalue weighted by molar-refractivity contribution is 5.83. The molecule has 42 heavy (non-hydrogen) atoms. The summed E-state index contributed by atoms with van der Waals surface area (Å²) in [6.45, 7) is 2.65. The van der Waals surface area contributed by atoms with E-state index in [0.29, 0.717) is 18.5 Å². The normalized spacial score (nSPS) is 21.1. The minimum atomic E-state index is -0.755. The maximum Gasteiger partial charge on any atom is 0.334 e. The molecule has 0 aromatic heterocycles. The molecule has 2 N–H and O–H groups in total. The molecule has 2 saturated heterocycles. The number of phenols is 1. The van der Waals surface area contributed by atoms with Crippen molar-refractivity contribution in [3.8, 4) is 18.1 Å². The van der Waals surface area contributed by atoms with Crippen molar-refractivity contribution in [1.82, 2.24) is 25.1 Å². The number of benzene rings is 3. The van der Waals surface area contributed by atoms with E-state index in [9.17, 15) is 23.5 Å². The molecule has 2 aliphatic heterocycles. The van der Waals surface area contributed by atoms with Crippen LogP contribution >= 0.6 is 0 Å². The Labute approximate surface area is 244 Å². The number of urea groups is 1. The lowest BCUT2D eigenvalue weighted by atomic mass is 9.95. The number of hydrazine groups is 1. The number of phenolic OH excluding ortho intramolecular Hbond substituents is 1. The quantitative estimate of drug-likeness (QED) is 0.422. The van der Waals surface area contributed by atoms with Crippen LogP contribution in [0.25, 0.3) is 0 Å². The van der Waals surface area contributed by atoms with Gasteiger partial charge in [-0.2, -0.15) is 5.01 Å². The summed E-state index contributed by atoms with van der Waals surface area (Å²) >= 11 is 0. The number of nitrogens with zero attached hydrogens (tertiary/aromatic N) is 4. The fourth-order valence-electron chi connectivity index (χ4n) is 5.80. The Morgan fingerprint density at radius 1 is 1.07 bits per heavy atom. The van der Waals surface area contributed by atoms with Gasteiger partial charge in [-0.3, -0.25) is 9.69 Å². The second kappa shape index (κ2) is 12.6. The van der Waals surface area contributed by atoms with Crippen LogP contribution in [0.4, 0.5) is 13.6 Å². The predicted octanol–water partition coefficient (Wildman–Crippen LogP) is 3.72. The summed E-state index contributed by atoms with van der Waals surface area (Å²) in [4.78, 5) is 31.3. The number of fused-ring (bicyclic) bond motifs is 1. The molecule has 3 amide bonds. The molecule has 0 aliphatic carbocycles. The summed E-state index contributed by atoms with van der Waals surface area (Å²) in [7, 11) is 0. The number of halogens is 2. The summed E-state index contributed by atoms with van der Waals surface area (Å²) in [6, 6.07) is 18.5. The van der Waals surface area contributed by atoms with Crippen LogP contribution in [-0.4, -0.2) is 74.7 Å². The number of nitrogens with one attached hydrogen (secondary N) is 1. The van der Waals surface area contributed by atoms with E-state index in [0.717, 1.165) is 17.2 Å². The number of hydrogen-bond donors (Lipinski definition) is 2. The smallest absolute Gasteiger partial charge is 0.334 e. The Hall–Kier alpha value is -4.46. The summed E-state index contributed by atoms with van der Waals surface area (Å²) in [5.41, 5.74) is 2.11. The van der Waals surface area contributed by atoms with Crippen molar-refractivity contribution in [2.24, 2.45) is 0 Å². The third kappa shape index (κ3) is 6.22. The van der Waals surface area contributed by atoms with Gasteiger partial charge in [-0.05, 0) is 42.7 Å². The van der Waals surface area contributed by atoms with Crippen molar-refractivity contribution >= 4 is 11.9 Å². The Morgan fingerprint density at radius 2 is 1.81 bits per heavy atom. The van der Waals surface area contributed by atoms with Gasteiger partial charge in [-0.15, -0.1) is 6.42 Å². The largest absolute Gasteiger partial charge is 0.508 e. The molecular formula is C32H33F2N5O3. The summed E-state index contributed by atoms with van der Waals surface area (Å²) in [5, 5.41) is 15.8. The van der Waals surface area contributed by atoms with Crippen LogP contribution in [0.15, 0.2) is 72.8 Å². The second-order valence-corrected chi connectivity index (χ2v) is 10.7. The van der Waals surface area contributed by atoms with Gasteiger partial charge in [0, 0.05) is 37.3 Å². The number of aromatic hydroxyl groups is 1. The maximum atomic E-state index is 14.8. The third-order valence-corrected chi connectivity index (χ3v) is 7.86. The number of terminal acetylenes is 1. The Balaban J connectivity index is 1.50. The molecule has 218 valence electrons. The zero-order valence-electron chi connectivity index (χ0n) is 23.3. The van der Waals surface area contributed by atoms with Crippen molar-refractivity contribution in [2.45, 2.75) is 44.7 Å². The van der Waals surface area contributed by atoms with Crippen molar-refractivity contribution in [2.75, 3.05) is 19.6 Å². The van der Waals surface area contributed by atoms with Gasteiger partial charge in [-0.25, -0.2) is 18.6 Å². The molecule has 2 heterocycles. The predicted molar refractivity (Wildman–Crippen MR) is 153 cm³/mol. The standard InChI is InChI=1S/C32H33F2N5O3/c1-3-15-37-21-30(41)38-27(16-23-9-13-28(40)14-10-23)20-36(19-25-11-12-26(33)17-29(25)34)22(2)31(38)39(37)32(42)35-18-24-7-5-4-6-8-24/h1,4-14,17,22,27,31,40H,15-16,18-21H2,2H3,(H,35,42)/t22-,27-,31-/m0/s1. The molecule has 0 radical (unpaired) electrons. The van der Waals surface area contributed by atoms with Gasteiger partial charge in [0.25, 0.3) is 0 Å². The van der Waals surface area contributed by atoms with E-state index >= 15 is 0 Å². The first kappa shape index (κ1) is 29.0. The van der Waals surface area contributed by atoms with Crippen LogP contribution in [0, 0.1) is 24.0 Å². The van der Waals surface area contributed by atoms with Gasteiger partial charge in [0.2, 0.25) is 5.91 Å². The minimum absolute atomic E-state index is 0.0385. The average Bonchev–Trinajstić information content (AvgIpc) is 2.97. The molecular weight excluding hydrogens is 540 g/mol. The highest BCUT2D eigenvalue weighted by atomic mass is 19.1. The highest BCUT2D eigenvalue weighted by Crippen LogP contribution is 2.32. The van der Waals surface area contributed by atoms with E-state index in [-0.39, 0.29) is 43.9 Å². The fourth-order valence-corrected chi connectivity index (χ4v) is 5.80. The lowest BCUT2D eigenvalue weighted by Gasteiger charge is -2.58. The van der Waals surface area contributed by atoms with E-state index < -0.39 is 29.9 Å². The van der Waals surface area contributed by atoms with Crippen LogP contribution in [0.5, 0.6) is 5.75 Å². The molecule has 2 fully saturated rings. The number of hydrogen-bond acceptors (Lipinski definition) is 5. The summed E-state index contributed by atoms with van der Waals surface area (Å²) in [5.74, 6) is 1.19. The first-order chi connectivity index (χ1) is 20.2. The van der Waals surface area contributed by atoms with Crippen molar-refractivity contribution in [1.29, 1.82) is 0 Å². The molecule has 10 heteroatoms. The average molecular weight is 574 g/mol. The molecule has 8 nitrogen and oxygen atoms in total. The van der Waals surface area contributed by atoms with Crippen LogP contribution in [0.3, 0.4) is 0 Å². The Bertz CT molecular complexity index is 1460. The highest BCUT2D eigenvalue weighted by Gasteiger charge is 2.51.